The largest absolute Gasteiger partial charge is 0.351 e. The lowest BCUT2D eigenvalue weighted by atomic mass is 10.2. The van der Waals surface area contributed by atoms with Crippen molar-refractivity contribution < 1.29 is 4.79 Å². The molecule has 1 N–H and O–H groups in total. The van der Waals surface area contributed by atoms with Gasteiger partial charge >= 0.3 is 0 Å². The average Bonchev–Trinajstić information content (AvgIpc) is 2.12. The molecule has 0 fully saturated rings. The maximum atomic E-state index is 11.6. The minimum Gasteiger partial charge on any atom is -0.351 e. The molecule has 1 aromatic carbocycles. The maximum absolute atomic E-state index is 11.6. The summed E-state index contributed by atoms with van der Waals surface area (Å²) in [6.07, 6.45) is 0. The number of nitrogens with one attached hydrogen (secondary N) is 1. The maximum Gasteiger partial charge on any atom is 0.251 e. The highest BCUT2D eigenvalue weighted by atomic mass is 79.9. The standard InChI is InChI=1S/C10H10BrCl2NO/c1-6(11)5-14-10(15)7-2-8(12)4-9(13)3-7/h2-4,6H,5H2,1H3,(H,14,15). The van der Waals surface area contributed by atoms with Gasteiger partial charge in [0.15, 0.2) is 0 Å². The van der Waals surface area contributed by atoms with Gasteiger partial charge in [0.2, 0.25) is 0 Å². The first-order valence-electron chi connectivity index (χ1n) is 4.37. The molecular formula is C10H10BrCl2NO. The summed E-state index contributed by atoms with van der Waals surface area (Å²) in [5.41, 5.74) is 0.473. The van der Waals surface area contributed by atoms with E-state index in [4.69, 9.17) is 23.2 Å². The molecule has 2 nitrogen and oxygen atoms in total. The van der Waals surface area contributed by atoms with Crippen LogP contribution in [0.3, 0.4) is 0 Å². The minimum atomic E-state index is -0.175. The van der Waals surface area contributed by atoms with Gasteiger partial charge in [-0.2, -0.15) is 0 Å². The van der Waals surface area contributed by atoms with Crippen molar-refractivity contribution in [1.29, 1.82) is 0 Å². The molecule has 0 bridgehead atoms. The molecule has 15 heavy (non-hydrogen) atoms. The molecule has 0 aliphatic rings. The normalized spacial score (nSPS) is 12.3. The van der Waals surface area contributed by atoms with Crippen molar-refractivity contribution in [1.82, 2.24) is 5.32 Å². The lowest BCUT2D eigenvalue weighted by Crippen LogP contribution is -2.28. The summed E-state index contributed by atoms with van der Waals surface area (Å²) >= 11 is 14.9. The molecule has 1 atom stereocenters. The number of amides is 1. The van der Waals surface area contributed by atoms with Crippen molar-refractivity contribution >= 4 is 45.0 Å². The number of hydrogen-bond acceptors (Lipinski definition) is 1. The summed E-state index contributed by atoms with van der Waals surface area (Å²) in [5.74, 6) is -0.175. The number of benzene rings is 1. The molecular weight excluding hydrogens is 301 g/mol. The number of alkyl halides is 1. The van der Waals surface area contributed by atoms with Crippen LogP contribution in [-0.4, -0.2) is 17.3 Å². The van der Waals surface area contributed by atoms with E-state index in [2.05, 4.69) is 21.2 Å². The summed E-state index contributed by atoms with van der Waals surface area (Å²) in [7, 11) is 0. The van der Waals surface area contributed by atoms with Gasteiger partial charge in [-0.1, -0.05) is 46.1 Å². The number of carbonyl (C=O) groups excluding carboxylic acids is 1. The fraction of sp³-hybridized carbons (Fsp3) is 0.300. The van der Waals surface area contributed by atoms with E-state index in [0.29, 0.717) is 22.2 Å². The second kappa shape index (κ2) is 5.73. The topological polar surface area (TPSA) is 29.1 Å². The zero-order valence-corrected chi connectivity index (χ0v) is 11.2. The first-order chi connectivity index (χ1) is 6.99. The second-order valence-corrected chi connectivity index (χ2v) is 5.58. The summed E-state index contributed by atoms with van der Waals surface area (Å²) < 4.78 is 0. The second-order valence-electron chi connectivity index (χ2n) is 3.15. The summed E-state index contributed by atoms with van der Waals surface area (Å²) in [5, 5.41) is 3.67. The van der Waals surface area contributed by atoms with Gasteiger partial charge in [-0.15, -0.1) is 0 Å². The zero-order chi connectivity index (χ0) is 11.4. The van der Waals surface area contributed by atoms with Crippen LogP contribution in [0.5, 0.6) is 0 Å². The van der Waals surface area contributed by atoms with Gasteiger partial charge in [-0.25, -0.2) is 0 Å². The van der Waals surface area contributed by atoms with Crippen LogP contribution < -0.4 is 5.32 Å². The van der Waals surface area contributed by atoms with Crippen molar-refractivity contribution in [3.63, 3.8) is 0 Å². The van der Waals surface area contributed by atoms with E-state index in [1.807, 2.05) is 6.92 Å². The molecule has 0 saturated carbocycles. The Morgan fingerprint density at radius 3 is 2.40 bits per heavy atom. The Hall–Kier alpha value is -0.250. The SMILES string of the molecule is CC(Br)CNC(=O)c1cc(Cl)cc(Cl)c1. The van der Waals surface area contributed by atoms with Crippen molar-refractivity contribution in [2.75, 3.05) is 6.54 Å². The Kier molecular flexibility index (Phi) is 4.90. The third-order valence-electron chi connectivity index (χ3n) is 1.67. The fourth-order valence-electron chi connectivity index (χ4n) is 1.02. The van der Waals surface area contributed by atoms with Crippen LogP contribution in [0.15, 0.2) is 18.2 Å². The van der Waals surface area contributed by atoms with E-state index in [-0.39, 0.29) is 10.7 Å². The van der Waals surface area contributed by atoms with Crippen LogP contribution in [0.1, 0.15) is 17.3 Å². The van der Waals surface area contributed by atoms with E-state index in [1.165, 1.54) is 0 Å². The van der Waals surface area contributed by atoms with Gasteiger partial charge in [0, 0.05) is 27.0 Å². The fourth-order valence-corrected chi connectivity index (χ4v) is 1.71. The highest BCUT2D eigenvalue weighted by Crippen LogP contribution is 2.18. The lowest BCUT2D eigenvalue weighted by Gasteiger charge is -2.07. The third-order valence-corrected chi connectivity index (χ3v) is 2.43. The molecule has 1 unspecified atom stereocenters. The molecule has 0 aromatic heterocycles. The van der Waals surface area contributed by atoms with Crippen LogP contribution >= 0.6 is 39.1 Å². The van der Waals surface area contributed by atoms with Crippen molar-refractivity contribution in [2.24, 2.45) is 0 Å². The van der Waals surface area contributed by atoms with E-state index in [1.54, 1.807) is 18.2 Å². The molecule has 1 rings (SSSR count). The molecule has 0 spiro atoms. The van der Waals surface area contributed by atoms with Crippen LogP contribution in [0.2, 0.25) is 10.0 Å². The van der Waals surface area contributed by atoms with Crippen LogP contribution in [0.4, 0.5) is 0 Å². The predicted octanol–water partition coefficient (Wildman–Crippen LogP) is 3.51. The molecule has 1 amide bonds. The highest BCUT2D eigenvalue weighted by molar-refractivity contribution is 9.09. The molecule has 82 valence electrons. The van der Waals surface area contributed by atoms with Gasteiger partial charge in [0.1, 0.15) is 0 Å². The van der Waals surface area contributed by atoms with Crippen molar-refractivity contribution in [3.05, 3.63) is 33.8 Å². The Morgan fingerprint density at radius 2 is 1.93 bits per heavy atom. The number of halogens is 3. The molecule has 5 heteroatoms. The molecule has 1 aromatic rings. The van der Waals surface area contributed by atoms with Crippen LogP contribution in [0.25, 0.3) is 0 Å². The van der Waals surface area contributed by atoms with E-state index < -0.39 is 0 Å². The number of rotatable bonds is 3. The smallest absolute Gasteiger partial charge is 0.251 e. The Balaban J connectivity index is 2.73. The first-order valence-corrected chi connectivity index (χ1v) is 6.04. The number of hydrogen-bond donors (Lipinski definition) is 1. The van der Waals surface area contributed by atoms with Gasteiger partial charge in [-0.3, -0.25) is 4.79 Å². The molecule has 0 heterocycles. The average molecular weight is 311 g/mol. The summed E-state index contributed by atoms with van der Waals surface area (Å²) in [6.45, 7) is 2.51. The van der Waals surface area contributed by atoms with E-state index in [0.717, 1.165) is 0 Å². The van der Waals surface area contributed by atoms with Gasteiger partial charge in [-0.05, 0) is 18.2 Å². The van der Waals surface area contributed by atoms with Crippen molar-refractivity contribution in [2.45, 2.75) is 11.8 Å². The van der Waals surface area contributed by atoms with Gasteiger partial charge in [0.05, 0.1) is 0 Å². The van der Waals surface area contributed by atoms with Gasteiger partial charge in [0.25, 0.3) is 5.91 Å². The monoisotopic (exact) mass is 309 g/mol. The molecule has 0 radical (unpaired) electrons. The first kappa shape index (κ1) is 12.8. The third kappa shape index (κ3) is 4.41. The Morgan fingerprint density at radius 1 is 1.40 bits per heavy atom. The Labute approximate surface area is 107 Å². The minimum absolute atomic E-state index is 0.175. The zero-order valence-electron chi connectivity index (χ0n) is 8.06. The quantitative estimate of drug-likeness (QED) is 0.851. The molecule has 0 aliphatic heterocycles. The number of carbonyl (C=O) groups is 1. The summed E-state index contributed by atoms with van der Waals surface area (Å²) in [6, 6.07) is 4.76. The van der Waals surface area contributed by atoms with E-state index >= 15 is 0 Å². The lowest BCUT2D eigenvalue weighted by molar-refractivity contribution is 0.0954. The highest BCUT2D eigenvalue weighted by Gasteiger charge is 2.08. The molecule has 0 saturated heterocycles. The van der Waals surface area contributed by atoms with E-state index in [9.17, 15) is 4.79 Å². The summed E-state index contributed by atoms with van der Waals surface area (Å²) in [4.78, 5) is 11.8. The van der Waals surface area contributed by atoms with Crippen LogP contribution in [-0.2, 0) is 0 Å². The predicted molar refractivity (Wildman–Crippen MR) is 67.2 cm³/mol. The van der Waals surface area contributed by atoms with Crippen LogP contribution in [0, 0.1) is 0 Å². The van der Waals surface area contributed by atoms with Gasteiger partial charge < -0.3 is 5.32 Å². The Bertz CT molecular complexity index is 348. The van der Waals surface area contributed by atoms with Crippen molar-refractivity contribution in [3.8, 4) is 0 Å². The molecule has 0 aliphatic carbocycles.